The van der Waals surface area contributed by atoms with Crippen molar-refractivity contribution in [1.82, 2.24) is 10.3 Å². The lowest BCUT2D eigenvalue weighted by molar-refractivity contribution is 0.0951. The number of hydrogen-bond acceptors (Lipinski definition) is 3. The van der Waals surface area contributed by atoms with Gasteiger partial charge in [0.05, 0.1) is 6.10 Å². The highest BCUT2D eigenvalue weighted by molar-refractivity contribution is 5.93. The van der Waals surface area contributed by atoms with Gasteiger partial charge in [-0.2, -0.15) is 0 Å². The molecule has 2 rings (SSSR count). The molecule has 0 bridgehead atoms. The standard InChI is InChI=1S/C19H24N2O3/c1-13(2)24-16-9-7-15(8-10-16)5-4-12-20-18(22)17-11-6-14(3)21-19(17)23/h6-11,13H,4-5,12H2,1-3H3,(H,20,22)(H,21,23). The molecule has 0 radical (unpaired) electrons. The second-order valence-electron chi connectivity index (χ2n) is 6.05. The Hall–Kier alpha value is -2.56. The third-order valence-electron chi connectivity index (χ3n) is 3.52. The number of ether oxygens (including phenoxy) is 1. The van der Waals surface area contributed by atoms with E-state index >= 15 is 0 Å². The molecule has 2 N–H and O–H groups in total. The van der Waals surface area contributed by atoms with E-state index in [1.54, 1.807) is 19.1 Å². The fraction of sp³-hybridized carbons (Fsp3) is 0.368. The van der Waals surface area contributed by atoms with Gasteiger partial charge < -0.3 is 15.0 Å². The Morgan fingerprint density at radius 1 is 1.17 bits per heavy atom. The number of benzene rings is 1. The average molecular weight is 328 g/mol. The summed E-state index contributed by atoms with van der Waals surface area (Å²) in [6.07, 6.45) is 1.82. The van der Waals surface area contributed by atoms with Crippen LogP contribution in [0.1, 0.15) is 41.9 Å². The summed E-state index contributed by atoms with van der Waals surface area (Å²) in [5.41, 5.74) is 1.72. The van der Waals surface area contributed by atoms with E-state index in [4.69, 9.17) is 4.74 Å². The third kappa shape index (κ3) is 5.26. The molecule has 1 aromatic heterocycles. The van der Waals surface area contributed by atoms with E-state index in [-0.39, 0.29) is 23.1 Å². The van der Waals surface area contributed by atoms with Crippen LogP contribution in [-0.4, -0.2) is 23.5 Å². The molecule has 0 unspecified atom stereocenters. The van der Waals surface area contributed by atoms with Gasteiger partial charge in [0, 0.05) is 12.2 Å². The topological polar surface area (TPSA) is 71.2 Å². The molecule has 24 heavy (non-hydrogen) atoms. The number of rotatable bonds is 7. The van der Waals surface area contributed by atoms with E-state index in [0.717, 1.165) is 24.3 Å². The molecule has 0 aliphatic carbocycles. The second kappa shape index (κ2) is 8.34. The zero-order valence-corrected chi connectivity index (χ0v) is 14.4. The number of pyridine rings is 1. The van der Waals surface area contributed by atoms with Crippen molar-refractivity contribution in [2.45, 2.75) is 39.7 Å². The molecule has 2 aromatic rings. The highest BCUT2D eigenvalue weighted by Gasteiger charge is 2.09. The predicted octanol–water partition coefficient (Wildman–Crippen LogP) is 2.83. The summed E-state index contributed by atoms with van der Waals surface area (Å²) in [4.78, 5) is 26.3. The van der Waals surface area contributed by atoms with Gasteiger partial charge in [-0.15, -0.1) is 0 Å². The number of H-pyrrole nitrogens is 1. The van der Waals surface area contributed by atoms with Crippen molar-refractivity contribution >= 4 is 5.91 Å². The van der Waals surface area contributed by atoms with Gasteiger partial charge in [-0.3, -0.25) is 9.59 Å². The Balaban J connectivity index is 1.78. The molecule has 0 fully saturated rings. The van der Waals surface area contributed by atoms with Crippen LogP contribution in [0.2, 0.25) is 0 Å². The van der Waals surface area contributed by atoms with Crippen molar-refractivity contribution < 1.29 is 9.53 Å². The monoisotopic (exact) mass is 328 g/mol. The van der Waals surface area contributed by atoms with Gasteiger partial charge in [0.1, 0.15) is 11.3 Å². The maximum atomic E-state index is 12.0. The van der Waals surface area contributed by atoms with E-state index in [2.05, 4.69) is 10.3 Å². The molecule has 0 aliphatic rings. The number of carbonyl (C=O) groups is 1. The zero-order valence-electron chi connectivity index (χ0n) is 14.4. The normalized spacial score (nSPS) is 10.7. The van der Waals surface area contributed by atoms with Crippen LogP contribution in [0.4, 0.5) is 0 Å². The fourth-order valence-corrected chi connectivity index (χ4v) is 2.35. The largest absolute Gasteiger partial charge is 0.491 e. The molecule has 0 spiro atoms. The number of hydrogen-bond donors (Lipinski definition) is 2. The van der Waals surface area contributed by atoms with Crippen LogP contribution in [0.25, 0.3) is 0 Å². The first-order valence-electron chi connectivity index (χ1n) is 8.19. The quantitative estimate of drug-likeness (QED) is 0.768. The zero-order chi connectivity index (χ0) is 17.5. The van der Waals surface area contributed by atoms with Crippen molar-refractivity contribution in [1.29, 1.82) is 0 Å². The lowest BCUT2D eigenvalue weighted by Gasteiger charge is -2.10. The minimum Gasteiger partial charge on any atom is -0.491 e. The summed E-state index contributed by atoms with van der Waals surface area (Å²) in [7, 11) is 0. The van der Waals surface area contributed by atoms with Gasteiger partial charge >= 0.3 is 0 Å². The van der Waals surface area contributed by atoms with Gasteiger partial charge in [0.15, 0.2) is 0 Å². The first kappa shape index (κ1) is 17.8. The molecule has 1 aromatic carbocycles. The summed E-state index contributed by atoms with van der Waals surface area (Å²) < 4.78 is 5.61. The molecular formula is C19H24N2O3. The lowest BCUT2D eigenvalue weighted by atomic mass is 10.1. The minimum atomic E-state index is -0.353. The summed E-state index contributed by atoms with van der Waals surface area (Å²) in [5.74, 6) is 0.526. The van der Waals surface area contributed by atoms with Crippen molar-refractivity contribution in [2.24, 2.45) is 0 Å². The number of aromatic amines is 1. The molecule has 5 heteroatoms. The van der Waals surface area contributed by atoms with Crippen LogP contribution < -0.4 is 15.6 Å². The smallest absolute Gasteiger partial charge is 0.260 e. The summed E-state index contributed by atoms with van der Waals surface area (Å²) in [5, 5.41) is 2.78. The molecular weight excluding hydrogens is 304 g/mol. The highest BCUT2D eigenvalue weighted by Crippen LogP contribution is 2.14. The van der Waals surface area contributed by atoms with Gasteiger partial charge in [-0.25, -0.2) is 0 Å². The maximum absolute atomic E-state index is 12.0. The van der Waals surface area contributed by atoms with Crippen molar-refractivity contribution in [3.05, 3.63) is 63.6 Å². The van der Waals surface area contributed by atoms with Crippen molar-refractivity contribution in [2.75, 3.05) is 6.54 Å². The van der Waals surface area contributed by atoms with Gasteiger partial charge in [0.25, 0.3) is 11.5 Å². The predicted molar refractivity (Wildman–Crippen MR) is 94.7 cm³/mol. The van der Waals surface area contributed by atoms with E-state index in [1.807, 2.05) is 38.1 Å². The SMILES string of the molecule is Cc1ccc(C(=O)NCCCc2ccc(OC(C)C)cc2)c(=O)[nH]1. The summed E-state index contributed by atoms with van der Waals surface area (Å²) in [6.45, 7) is 6.29. The Kier molecular flexibility index (Phi) is 6.18. The Morgan fingerprint density at radius 3 is 2.50 bits per heavy atom. The Labute approximate surface area is 142 Å². The Bertz CT molecular complexity index is 733. The van der Waals surface area contributed by atoms with E-state index in [1.165, 1.54) is 5.56 Å². The van der Waals surface area contributed by atoms with Crippen LogP contribution in [0.5, 0.6) is 5.75 Å². The minimum absolute atomic E-state index is 0.149. The third-order valence-corrected chi connectivity index (χ3v) is 3.52. The number of aryl methyl sites for hydroxylation is 2. The lowest BCUT2D eigenvalue weighted by Crippen LogP contribution is -2.30. The molecule has 0 atom stereocenters. The molecule has 1 heterocycles. The maximum Gasteiger partial charge on any atom is 0.260 e. The van der Waals surface area contributed by atoms with Crippen LogP contribution in [0, 0.1) is 6.92 Å². The van der Waals surface area contributed by atoms with E-state index in [9.17, 15) is 9.59 Å². The number of carbonyl (C=O) groups excluding carboxylic acids is 1. The fourth-order valence-electron chi connectivity index (χ4n) is 2.35. The summed E-state index contributed by atoms with van der Waals surface area (Å²) in [6, 6.07) is 11.3. The van der Waals surface area contributed by atoms with Crippen LogP contribution in [-0.2, 0) is 6.42 Å². The number of aromatic nitrogens is 1. The van der Waals surface area contributed by atoms with Gasteiger partial charge in [-0.1, -0.05) is 12.1 Å². The highest BCUT2D eigenvalue weighted by atomic mass is 16.5. The molecule has 0 saturated heterocycles. The van der Waals surface area contributed by atoms with Crippen LogP contribution in [0.3, 0.4) is 0 Å². The van der Waals surface area contributed by atoms with Gasteiger partial charge in [0.2, 0.25) is 0 Å². The van der Waals surface area contributed by atoms with Crippen LogP contribution in [0.15, 0.2) is 41.2 Å². The first-order valence-corrected chi connectivity index (χ1v) is 8.19. The number of amides is 1. The second-order valence-corrected chi connectivity index (χ2v) is 6.05. The Morgan fingerprint density at radius 2 is 1.88 bits per heavy atom. The van der Waals surface area contributed by atoms with E-state index < -0.39 is 0 Å². The molecule has 1 amide bonds. The molecule has 0 aliphatic heterocycles. The summed E-state index contributed by atoms with van der Waals surface area (Å²) >= 11 is 0. The molecule has 128 valence electrons. The van der Waals surface area contributed by atoms with Gasteiger partial charge in [-0.05, 0) is 63.4 Å². The van der Waals surface area contributed by atoms with E-state index in [0.29, 0.717) is 6.54 Å². The first-order chi connectivity index (χ1) is 11.5. The van der Waals surface area contributed by atoms with Crippen molar-refractivity contribution in [3.8, 4) is 5.75 Å². The number of nitrogens with one attached hydrogen (secondary N) is 2. The molecule has 0 saturated carbocycles. The average Bonchev–Trinajstić information content (AvgIpc) is 2.52. The molecule has 5 nitrogen and oxygen atoms in total. The van der Waals surface area contributed by atoms with Crippen LogP contribution >= 0.6 is 0 Å². The van der Waals surface area contributed by atoms with Crippen molar-refractivity contribution in [3.63, 3.8) is 0 Å².